The van der Waals surface area contributed by atoms with Crippen LogP contribution >= 0.6 is 11.8 Å². The molecule has 1 saturated heterocycles. The normalized spacial score (nSPS) is 17.6. The summed E-state index contributed by atoms with van der Waals surface area (Å²) in [5.74, 6) is 0.381. The molecule has 0 spiro atoms. The second-order valence-electron chi connectivity index (χ2n) is 5.23. The van der Waals surface area contributed by atoms with Gasteiger partial charge in [0.15, 0.2) is 5.16 Å². The van der Waals surface area contributed by atoms with Crippen LogP contribution in [0.4, 0.5) is 0 Å². The minimum absolute atomic E-state index is 0.0430. The lowest BCUT2D eigenvalue weighted by Crippen LogP contribution is -2.63. The average molecular weight is 284 g/mol. The Balaban J connectivity index is 1.83. The summed E-state index contributed by atoms with van der Waals surface area (Å²) in [7, 11) is 0. The van der Waals surface area contributed by atoms with Gasteiger partial charge in [-0.25, -0.2) is 0 Å². The maximum atomic E-state index is 11.9. The van der Waals surface area contributed by atoms with Gasteiger partial charge in [-0.05, 0) is 20.3 Å². The number of nitrogens with zero attached hydrogens (tertiary/aromatic N) is 4. The molecule has 0 saturated carbocycles. The third kappa shape index (κ3) is 3.09. The van der Waals surface area contributed by atoms with Gasteiger partial charge in [-0.1, -0.05) is 18.7 Å². The van der Waals surface area contributed by atoms with Crippen LogP contribution in [0.2, 0.25) is 0 Å². The number of aromatic nitrogens is 3. The molecule has 6 nitrogen and oxygen atoms in total. The largest absolute Gasteiger partial charge is 0.386 e. The van der Waals surface area contributed by atoms with Crippen LogP contribution in [-0.2, 0) is 4.79 Å². The molecular formula is C12H20N4O2S. The van der Waals surface area contributed by atoms with E-state index >= 15 is 0 Å². The second kappa shape index (κ2) is 5.50. The summed E-state index contributed by atoms with van der Waals surface area (Å²) in [6.45, 7) is 6.92. The zero-order valence-corrected chi connectivity index (χ0v) is 12.4. The Labute approximate surface area is 117 Å². The Kier molecular flexibility index (Phi) is 4.15. The van der Waals surface area contributed by atoms with Crippen molar-refractivity contribution in [1.29, 1.82) is 0 Å². The highest BCUT2D eigenvalue weighted by atomic mass is 32.2. The summed E-state index contributed by atoms with van der Waals surface area (Å²) >= 11 is 1.39. The summed E-state index contributed by atoms with van der Waals surface area (Å²) in [4.78, 5) is 13.6. The smallest absolute Gasteiger partial charge is 0.233 e. The highest BCUT2D eigenvalue weighted by Crippen LogP contribution is 2.26. The first-order valence-electron chi connectivity index (χ1n) is 6.47. The number of rotatable bonds is 5. The van der Waals surface area contributed by atoms with Crippen LogP contribution < -0.4 is 0 Å². The quantitative estimate of drug-likeness (QED) is 0.815. The minimum Gasteiger partial charge on any atom is -0.386 e. The molecule has 0 atom stereocenters. The number of carbonyl (C=O) groups excluding carboxylic acids is 1. The molecule has 1 aromatic rings. The molecule has 1 N–H and O–H groups in total. The van der Waals surface area contributed by atoms with Crippen molar-refractivity contribution in [3.05, 3.63) is 6.33 Å². The van der Waals surface area contributed by atoms with Gasteiger partial charge in [-0.2, -0.15) is 0 Å². The van der Waals surface area contributed by atoms with Gasteiger partial charge in [0.1, 0.15) is 6.33 Å². The Bertz CT molecular complexity index is 454. The maximum absolute atomic E-state index is 11.9. The standard InChI is InChI=1S/C12H20N4O2S/c1-4-12(18)6-15(7-12)10(17)5-19-11-14-13-8-16(11)9(2)3/h8-9,18H,4-7H2,1-3H3. The third-order valence-corrected chi connectivity index (χ3v) is 4.34. The number of aliphatic hydroxyl groups is 1. The summed E-state index contributed by atoms with van der Waals surface area (Å²) in [6, 6.07) is 0.279. The molecule has 0 aliphatic carbocycles. The van der Waals surface area contributed by atoms with Gasteiger partial charge in [-0.15, -0.1) is 10.2 Å². The Morgan fingerprint density at radius 2 is 2.26 bits per heavy atom. The number of carbonyl (C=O) groups is 1. The van der Waals surface area contributed by atoms with E-state index in [-0.39, 0.29) is 11.9 Å². The van der Waals surface area contributed by atoms with E-state index in [0.717, 1.165) is 5.16 Å². The van der Waals surface area contributed by atoms with Crippen LogP contribution in [0.5, 0.6) is 0 Å². The molecule has 19 heavy (non-hydrogen) atoms. The minimum atomic E-state index is -0.668. The Morgan fingerprint density at radius 1 is 1.58 bits per heavy atom. The molecule has 1 aromatic heterocycles. The fraction of sp³-hybridized carbons (Fsp3) is 0.750. The number of thioether (sulfide) groups is 1. The van der Waals surface area contributed by atoms with Gasteiger partial charge in [0.2, 0.25) is 5.91 Å². The topological polar surface area (TPSA) is 71.2 Å². The van der Waals surface area contributed by atoms with Gasteiger partial charge >= 0.3 is 0 Å². The zero-order chi connectivity index (χ0) is 14.0. The van der Waals surface area contributed by atoms with E-state index in [0.29, 0.717) is 25.3 Å². The first-order chi connectivity index (χ1) is 8.95. The van der Waals surface area contributed by atoms with Crippen molar-refractivity contribution in [3.8, 4) is 0 Å². The van der Waals surface area contributed by atoms with E-state index < -0.39 is 5.60 Å². The van der Waals surface area contributed by atoms with Gasteiger partial charge in [-0.3, -0.25) is 4.79 Å². The highest BCUT2D eigenvalue weighted by molar-refractivity contribution is 7.99. The Morgan fingerprint density at radius 3 is 2.84 bits per heavy atom. The van der Waals surface area contributed by atoms with Gasteiger partial charge in [0.25, 0.3) is 0 Å². The molecule has 0 radical (unpaired) electrons. The average Bonchev–Trinajstić information content (AvgIpc) is 2.80. The molecule has 1 amide bonds. The fourth-order valence-electron chi connectivity index (χ4n) is 1.97. The summed E-state index contributed by atoms with van der Waals surface area (Å²) in [5.41, 5.74) is -0.668. The Hall–Kier alpha value is -1.08. The molecule has 0 unspecified atom stereocenters. The first-order valence-corrected chi connectivity index (χ1v) is 7.46. The number of hydrogen-bond acceptors (Lipinski definition) is 5. The SMILES string of the molecule is CCC1(O)CN(C(=O)CSc2nncn2C(C)C)C1. The lowest BCUT2D eigenvalue weighted by molar-refractivity contribution is -0.152. The van der Waals surface area contributed by atoms with Crippen LogP contribution in [-0.4, -0.2) is 55.1 Å². The van der Waals surface area contributed by atoms with E-state index in [9.17, 15) is 9.90 Å². The molecule has 1 fully saturated rings. The van der Waals surface area contributed by atoms with Crippen molar-refractivity contribution in [2.24, 2.45) is 0 Å². The number of amides is 1. The molecule has 7 heteroatoms. The van der Waals surface area contributed by atoms with E-state index in [4.69, 9.17) is 0 Å². The van der Waals surface area contributed by atoms with Crippen molar-refractivity contribution in [2.75, 3.05) is 18.8 Å². The number of hydrogen-bond donors (Lipinski definition) is 1. The molecule has 0 bridgehead atoms. The summed E-state index contributed by atoms with van der Waals surface area (Å²) < 4.78 is 1.94. The molecule has 106 valence electrons. The van der Waals surface area contributed by atoms with E-state index in [1.165, 1.54) is 11.8 Å². The monoisotopic (exact) mass is 284 g/mol. The third-order valence-electron chi connectivity index (χ3n) is 3.40. The fourth-order valence-corrected chi connectivity index (χ4v) is 2.92. The molecule has 2 heterocycles. The van der Waals surface area contributed by atoms with Crippen molar-refractivity contribution in [1.82, 2.24) is 19.7 Å². The van der Waals surface area contributed by atoms with Crippen LogP contribution in [0.25, 0.3) is 0 Å². The first kappa shape index (κ1) is 14.3. The second-order valence-corrected chi connectivity index (χ2v) is 6.17. The van der Waals surface area contributed by atoms with Gasteiger partial charge in [0.05, 0.1) is 24.4 Å². The lowest BCUT2D eigenvalue weighted by atomic mass is 9.91. The highest BCUT2D eigenvalue weighted by Gasteiger charge is 2.41. The molecule has 0 aromatic carbocycles. The predicted molar refractivity (Wildman–Crippen MR) is 73.0 cm³/mol. The molecule has 2 rings (SSSR count). The van der Waals surface area contributed by atoms with E-state index in [1.807, 2.05) is 25.3 Å². The summed E-state index contributed by atoms with van der Waals surface area (Å²) in [6.07, 6.45) is 2.36. The van der Waals surface area contributed by atoms with Crippen molar-refractivity contribution in [2.45, 2.75) is 44.0 Å². The lowest BCUT2D eigenvalue weighted by Gasteiger charge is -2.46. The predicted octanol–water partition coefficient (Wildman–Crippen LogP) is 0.934. The molecule has 1 aliphatic heterocycles. The zero-order valence-electron chi connectivity index (χ0n) is 11.5. The van der Waals surface area contributed by atoms with Crippen LogP contribution in [0.3, 0.4) is 0 Å². The number of likely N-dealkylation sites (tertiary alicyclic amines) is 1. The van der Waals surface area contributed by atoms with Crippen LogP contribution in [0.15, 0.2) is 11.5 Å². The van der Waals surface area contributed by atoms with Gasteiger partial charge < -0.3 is 14.6 Å². The van der Waals surface area contributed by atoms with Crippen LogP contribution in [0.1, 0.15) is 33.2 Å². The van der Waals surface area contributed by atoms with Gasteiger partial charge in [0, 0.05) is 6.04 Å². The summed E-state index contributed by atoms with van der Waals surface area (Å²) in [5, 5.41) is 18.5. The van der Waals surface area contributed by atoms with E-state index in [1.54, 1.807) is 11.2 Å². The van der Waals surface area contributed by atoms with Crippen molar-refractivity contribution >= 4 is 17.7 Å². The number of β-amino-alcohol motifs (C(OH)–C–C–N with tert-alkyl or cyclic N) is 1. The van der Waals surface area contributed by atoms with E-state index in [2.05, 4.69) is 10.2 Å². The maximum Gasteiger partial charge on any atom is 0.233 e. The molecule has 1 aliphatic rings. The van der Waals surface area contributed by atoms with Crippen molar-refractivity contribution in [3.63, 3.8) is 0 Å². The van der Waals surface area contributed by atoms with Crippen molar-refractivity contribution < 1.29 is 9.90 Å². The van der Waals surface area contributed by atoms with Crippen LogP contribution in [0, 0.1) is 0 Å². The molecular weight excluding hydrogens is 264 g/mol.